The van der Waals surface area contributed by atoms with Crippen molar-refractivity contribution in [2.24, 2.45) is 5.92 Å². The summed E-state index contributed by atoms with van der Waals surface area (Å²) in [5.74, 6) is -0.0530. The van der Waals surface area contributed by atoms with Crippen LogP contribution in [0.25, 0.3) is 0 Å². The maximum absolute atomic E-state index is 11.3. The molecule has 1 unspecified atom stereocenters. The zero-order chi connectivity index (χ0) is 18.7. The number of rotatable bonds is 5. The SMILES string of the molecule is COc1cccc(C(c2cc(C)cc(C)c2)N2CCC(C(=O)O)CC2)c1. The number of likely N-dealkylation sites (tertiary alicyclic amines) is 1. The summed E-state index contributed by atoms with van der Waals surface area (Å²) < 4.78 is 5.43. The number of carboxylic acid groups (broad SMARTS) is 1. The van der Waals surface area contributed by atoms with Crippen LogP contribution in [0.5, 0.6) is 5.75 Å². The smallest absolute Gasteiger partial charge is 0.306 e. The number of piperidine rings is 1. The number of methoxy groups -OCH3 is 1. The molecule has 0 bridgehead atoms. The molecular weight excluding hydrogens is 326 g/mol. The molecular formula is C22H27NO3. The lowest BCUT2D eigenvalue weighted by atomic mass is 9.90. The molecule has 4 heteroatoms. The summed E-state index contributed by atoms with van der Waals surface area (Å²) in [5, 5.41) is 9.30. The first-order valence-electron chi connectivity index (χ1n) is 9.17. The molecule has 1 fully saturated rings. The highest BCUT2D eigenvalue weighted by Gasteiger charge is 2.30. The lowest BCUT2D eigenvalue weighted by Gasteiger charge is -2.37. The molecule has 4 nitrogen and oxygen atoms in total. The van der Waals surface area contributed by atoms with Gasteiger partial charge in [-0.3, -0.25) is 9.69 Å². The molecule has 1 aliphatic heterocycles. The first-order chi connectivity index (χ1) is 12.5. The van der Waals surface area contributed by atoms with E-state index in [0.717, 1.165) is 18.8 Å². The number of hydrogen-bond donors (Lipinski definition) is 1. The van der Waals surface area contributed by atoms with Gasteiger partial charge in [-0.05, 0) is 63.0 Å². The van der Waals surface area contributed by atoms with E-state index < -0.39 is 5.97 Å². The van der Waals surface area contributed by atoms with E-state index in [2.05, 4.69) is 49.1 Å². The van der Waals surface area contributed by atoms with Crippen molar-refractivity contribution in [3.05, 3.63) is 64.7 Å². The Morgan fingerprint density at radius 2 is 1.73 bits per heavy atom. The second-order valence-corrected chi connectivity index (χ2v) is 7.25. The number of carboxylic acids is 1. The van der Waals surface area contributed by atoms with Crippen molar-refractivity contribution < 1.29 is 14.6 Å². The number of carbonyl (C=O) groups is 1. The summed E-state index contributed by atoms with van der Waals surface area (Å²) >= 11 is 0. The average Bonchev–Trinajstić information content (AvgIpc) is 2.62. The van der Waals surface area contributed by atoms with E-state index in [9.17, 15) is 9.90 Å². The maximum Gasteiger partial charge on any atom is 0.306 e. The predicted octanol–water partition coefficient (Wildman–Crippen LogP) is 4.20. The third-order valence-electron chi connectivity index (χ3n) is 5.21. The molecule has 3 rings (SSSR count). The Kier molecular flexibility index (Phi) is 5.62. The van der Waals surface area contributed by atoms with Crippen LogP contribution < -0.4 is 4.74 Å². The summed E-state index contributed by atoms with van der Waals surface area (Å²) in [6, 6.07) is 15.0. The Balaban J connectivity index is 1.97. The summed E-state index contributed by atoms with van der Waals surface area (Å²) in [5.41, 5.74) is 4.93. The van der Waals surface area contributed by atoms with Crippen LogP contribution in [-0.2, 0) is 4.79 Å². The highest BCUT2D eigenvalue weighted by molar-refractivity contribution is 5.70. The van der Waals surface area contributed by atoms with Crippen LogP contribution in [-0.4, -0.2) is 36.2 Å². The van der Waals surface area contributed by atoms with E-state index in [1.54, 1.807) is 7.11 Å². The van der Waals surface area contributed by atoms with Gasteiger partial charge in [0.1, 0.15) is 5.75 Å². The molecule has 138 valence electrons. The average molecular weight is 353 g/mol. The minimum absolute atomic E-state index is 0.110. The van der Waals surface area contributed by atoms with Crippen LogP contribution >= 0.6 is 0 Å². The molecule has 2 aromatic rings. The van der Waals surface area contributed by atoms with Gasteiger partial charge < -0.3 is 9.84 Å². The van der Waals surface area contributed by atoms with Gasteiger partial charge in [0.15, 0.2) is 0 Å². The van der Waals surface area contributed by atoms with Crippen molar-refractivity contribution in [3.8, 4) is 5.75 Å². The molecule has 0 radical (unpaired) electrons. The minimum Gasteiger partial charge on any atom is -0.497 e. The van der Waals surface area contributed by atoms with Crippen molar-refractivity contribution in [1.82, 2.24) is 4.90 Å². The number of benzene rings is 2. The van der Waals surface area contributed by atoms with E-state index in [1.807, 2.05) is 12.1 Å². The summed E-state index contributed by atoms with van der Waals surface area (Å²) in [7, 11) is 1.68. The lowest BCUT2D eigenvalue weighted by molar-refractivity contribution is -0.143. The molecule has 1 N–H and O–H groups in total. The van der Waals surface area contributed by atoms with Crippen molar-refractivity contribution in [3.63, 3.8) is 0 Å². The molecule has 0 aliphatic carbocycles. The third-order valence-corrected chi connectivity index (χ3v) is 5.21. The van der Waals surface area contributed by atoms with Gasteiger partial charge in [0.05, 0.1) is 19.1 Å². The molecule has 1 aliphatic rings. The van der Waals surface area contributed by atoms with Crippen LogP contribution in [0.3, 0.4) is 0 Å². The van der Waals surface area contributed by atoms with Crippen molar-refractivity contribution in [2.45, 2.75) is 32.7 Å². The first kappa shape index (κ1) is 18.5. The van der Waals surface area contributed by atoms with Gasteiger partial charge in [-0.15, -0.1) is 0 Å². The summed E-state index contributed by atoms with van der Waals surface area (Å²) in [4.78, 5) is 13.7. The highest BCUT2D eigenvalue weighted by Crippen LogP contribution is 2.34. The van der Waals surface area contributed by atoms with E-state index in [-0.39, 0.29) is 12.0 Å². The number of nitrogens with zero attached hydrogens (tertiary/aromatic N) is 1. The summed E-state index contributed by atoms with van der Waals surface area (Å²) in [6.07, 6.45) is 1.39. The van der Waals surface area contributed by atoms with Gasteiger partial charge in [-0.2, -0.15) is 0 Å². The van der Waals surface area contributed by atoms with Crippen LogP contribution in [0.15, 0.2) is 42.5 Å². The Morgan fingerprint density at radius 3 is 2.31 bits per heavy atom. The fraction of sp³-hybridized carbons (Fsp3) is 0.409. The Hall–Kier alpha value is -2.33. The van der Waals surface area contributed by atoms with Gasteiger partial charge in [0.25, 0.3) is 0 Å². The standard InChI is InChI=1S/C22H27NO3/c1-15-11-16(2)13-19(12-15)21(18-5-4-6-20(14-18)26-3)23-9-7-17(8-10-23)22(24)25/h4-6,11-14,17,21H,7-10H2,1-3H3,(H,24,25). The van der Waals surface area contributed by atoms with E-state index in [4.69, 9.17) is 4.74 Å². The van der Waals surface area contributed by atoms with E-state index in [1.165, 1.54) is 22.3 Å². The maximum atomic E-state index is 11.3. The zero-order valence-electron chi connectivity index (χ0n) is 15.7. The molecule has 1 atom stereocenters. The second-order valence-electron chi connectivity index (χ2n) is 7.25. The molecule has 26 heavy (non-hydrogen) atoms. The Labute approximate surface area is 155 Å². The molecule has 1 heterocycles. The number of ether oxygens (including phenoxy) is 1. The van der Waals surface area contributed by atoms with Crippen LogP contribution in [0.1, 0.15) is 41.1 Å². The fourth-order valence-electron chi connectivity index (χ4n) is 4.00. The van der Waals surface area contributed by atoms with Gasteiger partial charge in [0.2, 0.25) is 0 Å². The molecule has 0 amide bonds. The summed E-state index contributed by atoms with van der Waals surface area (Å²) in [6.45, 7) is 5.81. The Bertz CT molecular complexity index is 758. The number of hydrogen-bond acceptors (Lipinski definition) is 3. The first-order valence-corrected chi connectivity index (χ1v) is 9.17. The van der Waals surface area contributed by atoms with Gasteiger partial charge >= 0.3 is 5.97 Å². The minimum atomic E-state index is -0.672. The molecule has 1 saturated heterocycles. The van der Waals surface area contributed by atoms with Gasteiger partial charge in [0, 0.05) is 0 Å². The van der Waals surface area contributed by atoms with E-state index in [0.29, 0.717) is 12.8 Å². The predicted molar refractivity (Wildman–Crippen MR) is 103 cm³/mol. The topological polar surface area (TPSA) is 49.8 Å². The quantitative estimate of drug-likeness (QED) is 0.875. The van der Waals surface area contributed by atoms with Crippen LogP contribution in [0.2, 0.25) is 0 Å². The third kappa shape index (κ3) is 4.07. The second kappa shape index (κ2) is 7.92. The lowest BCUT2D eigenvalue weighted by Crippen LogP contribution is -2.39. The van der Waals surface area contributed by atoms with Crippen LogP contribution in [0, 0.1) is 19.8 Å². The van der Waals surface area contributed by atoms with Crippen molar-refractivity contribution >= 4 is 5.97 Å². The van der Waals surface area contributed by atoms with Gasteiger partial charge in [-0.1, -0.05) is 41.5 Å². The molecule has 0 saturated carbocycles. The molecule has 0 aromatic heterocycles. The fourth-order valence-corrected chi connectivity index (χ4v) is 4.00. The Morgan fingerprint density at radius 1 is 1.08 bits per heavy atom. The molecule has 0 spiro atoms. The highest BCUT2D eigenvalue weighted by atomic mass is 16.5. The monoisotopic (exact) mass is 353 g/mol. The van der Waals surface area contributed by atoms with Crippen molar-refractivity contribution in [2.75, 3.05) is 20.2 Å². The number of aliphatic carboxylic acids is 1. The van der Waals surface area contributed by atoms with Crippen LogP contribution in [0.4, 0.5) is 0 Å². The van der Waals surface area contributed by atoms with Crippen molar-refractivity contribution in [1.29, 1.82) is 0 Å². The number of aryl methyl sites for hydroxylation is 2. The van der Waals surface area contributed by atoms with E-state index >= 15 is 0 Å². The zero-order valence-corrected chi connectivity index (χ0v) is 15.7. The van der Waals surface area contributed by atoms with Gasteiger partial charge in [-0.25, -0.2) is 0 Å². The molecule has 2 aromatic carbocycles. The largest absolute Gasteiger partial charge is 0.497 e. The normalized spacial score (nSPS) is 17.0.